The molecule has 6 nitrogen and oxygen atoms in total. The highest BCUT2D eigenvalue weighted by molar-refractivity contribution is 6.00. The zero-order valence-electron chi connectivity index (χ0n) is 14.3. The molecule has 4 rings (SSSR count). The first-order chi connectivity index (χ1) is 13.2. The number of carbonyl (C=O) groups is 2. The third-order valence-corrected chi connectivity index (χ3v) is 4.19. The van der Waals surface area contributed by atoms with Gasteiger partial charge in [-0.2, -0.15) is 0 Å². The highest BCUT2D eigenvalue weighted by Gasteiger charge is 2.31. The van der Waals surface area contributed by atoms with Crippen LogP contribution in [0.25, 0.3) is 0 Å². The van der Waals surface area contributed by atoms with E-state index in [0.717, 1.165) is 5.56 Å². The summed E-state index contributed by atoms with van der Waals surface area (Å²) in [6.07, 6.45) is 1.71. The zero-order valence-corrected chi connectivity index (χ0v) is 14.3. The van der Waals surface area contributed by atoms with E-state index in [1.807, 2.05) is 24.3 Å². The highest BCUT2D eigenvalue weighted by Crippen LogP contribution is 2.33. The van der Waals surface area contributed by atoms with Gasteiger partial charge in [-0.05, 0) is 42.0 Å². The van der Waals surface area contributed by atoms with Gasteiger partial charge in [0.1, 0.15) is 11.5 Å². The number of anilines is 1. The molecule has 0 saturated carbocycles. The van der Waals surface area contributed by atoms with E-state index < -0.39 is 11.9 Å². The first kappa shape index (κ1) is 16.8. The summed E-state index contributed by atoms with van der Waals surface area (Å²) in [7, 11) is 0. The van der Waals surface area contributed by atoms with Crippen LogP contribution in [0.4, 0.5) is 5.69 Å². The Labute approximate surface area is 155 Å². The first-order valence-corrected chi connectivity index (χ1v) is 8.48. The molecule has 0 spiro atoms. The minimum atomic E-state index is -0.626. The third-order valence-electron chi connectivity index (χ3n) is 4.19. The van der Waals surface area contributed by atoms with Crippen LogP contribution in [0, 0.1) is 0 Å². The Balaban J connectivity index is 1.46. The number of rotatable bonds is 4. The smallest absolute Gasteiger partial charge is 0.319 e. The van der Waals surface area contributed by atoms with Crippen LogP contribution in [0.3, 0.4) is 0 Å². The Morgan fingerprint density at radius 2 is 1.70 bits per heavy atom. The molecule has 1 unspecified atom stereocenters. The quantitative estimate of drug-likeness (QED) is 0.564. The van der Waals surface area contributed by atoms with Crippen molar-refractivity contribution in [2.45, 2.75) is 12.3 Å². The number of benzene rings is 2. The van der Waals surface area contributed by atoms with Gasteiger partial charge in [-0.15, -0.1) is 0 Å². The number of nitrogens with one attached hydrogen (secondary N) is 1. The van der Waals surface area contributed by atoms with E-state index in [9.17, 15) is 9.59 Å². The van der Waals surface area contributed by atoms with E-state index in [1.54, 1.807) is 48.7 Å². The van der Waals surface area contributed by atoms with Crippen molar-refractivity contribution >= 4 is 17.6 Å². The second kappa shape index (κ2) is 7.29. The predicted octanol–water partition coefficient (Wildman–Crippen LogP) is 3.91. The lowest BCUT2D eigenvalue weighted by atomic mass is 9.91. The van der Waals surface area contributed by atoms with Gasteiger partial charge in [-0.1, -0.05) is 24.3 Å². The van der Waals surface area contributed by atoms with Gasteiger partial charge in [0, 0.05) is 24.4 Å². The molecule has 0 aliphatic carbocycles. The third kappa shape index (κ3) is 3.79. The summed E-state index contributed by atoms with van der Waals surface area (Å²) in [5.74, 6) is 0.157. The van der Waals surface area contributed by atoms with Crippen LogP contribution in [0.15, 0.2) is 72.9 Å². The second-order valence-corrected chi connectivity index (χ2v) is 6.05. The predicted molar refractivity (Wildman–Crippen MR) is 98.8 cm³/mol. The number of hydrogen-bond acceptors (Lipinski definition) is 5. The number of esters is 1. The molecule has 0 radical (unpaired) electrons. The maximum absolute atomic E-state index is 12.6. The SMILES string of the molecule is O=C1CC(C(=O)Oc2ccc(Oc3ccccn3)cc2)c2ccccc2N1. The van der Waals surface area contributed by atoms with Crippen molar-refractivity contribution in [3.8, 4) is 17.4 Å². The van der Waals surface area contributed by atoms with Gasteiger partial charge in [-0.3, -0.25) is 9.59 Å². The van der Waals surface area contributed by atoms with E-state index in [-0.39, 0.29) is 12.3 Å². The minimum absolute atomic E-state index is 0.0662. The van der Waals surface area contributed by atoms with Crippen LogP contribution >= 0.6 is 0 Å². The van der Waals surface area contributed by atoms with Crippen molar-refractivity contribution in [2.24, 2.45) is 0 Å². The highest BCUT2D eigenvalue weighted by atomic mass is 16.5. The topological polar surface area (TPSA) is 77.5 Å². The number of aromatic nitrogens is 1. The molecule has 1 N–H and O–H groups in total. The van der Waals surface area contributed by atoms with Gasteiger partial charge in [-0.25, -0.2) is 4.98 Å². The van der Waals surface area contributed by atoms with Crippen LogP contribution in [-0.2, 0) is 9.59 Å². The molecule has 0 saturated heterocycles. The number of nitrogens with zero attached hydrogens (tertiary/aromatic N) is 1. The van der Waals surface area contributed by atoms with Gasteiger partial charge < -0.3 is 14.8 Å². The molecule has 1 atom stereocenters. The monoisotopic (exact) mass is 360 g/mol. The van der Waals surface area contributed by atoms with Crippen molar-refractivity contribution < 1.29 is 19.1 Å². The molecule has 1 aliphatic heterocycles. The standard InChI is InChI=1S/C21H16N2O4/c24-19-13-17(16-5-1-2-6-18(16)23-19)21(25)27-15-10-8-14(9-11-15)26-20-7-3-4-12-22-20/h1-12,17H,13H2,(H,23,24). The molecule has 1 aliphatic rings. The number of hydrogen-bond donors (Lipinski definition) is 1. The van der Waals surface area contributed by atoms with Crippen LogP contribution in [-0.4, -0.2) is 16.9 Å². The van der Waals surface area contributed by atoms with Crippen LogP contribution in [0.1, 0.15) is 17.9 Å². The number of para-hydroxylation sites is 1. The molecule has 0 bridgehead atoms. The van der Waals surface area contributed by atoms with Crippen LogP contribution < -0.4 is 14.8 Å². The maximum Gasteiger partial charge on any atom is 0.319 e. The Bertz CT molecular complexity index is 971. The molecule has 2 heterocycles. The summed E-state index contributed by atoms with van der Waals surface area (Å²) in [4.78, 5) is 28.6. The summed E-state index contributed by atoms with van der Waals surface area (Å²) < 4.78 is 11.1. The number of amides is 1. The lowest BCUT2D eigenvalue weighted by Gasteiger charge is -2.24. The Kier molecular flexibility index (Phi) is 4.53. The molecule has 134 valence electrons. The first-order valence-electron chi connectivity index (χ1n) is 8.48. The van der Waals surface area contributed by atoms with Gasteiger partial charge in [0.25, 0.3) is 0 Å². The fourth-order valence-electron chi connectivity index (χ4n) is 2.91. The average Bonchev–Trinajstić information content (AvgIpc) is 2.69. The van der Waals surface area contributed by atoms with Crippen molar-refractivity contribution in [1.29, 1.82) is 0 Å². The van der Waals surface area contributed by atoms with E-state index in [1.165, 1.54) is 0 Å². The molecular weight excluding hydrogens is 344 g/mol. The fourth-order valence-corrected chi connectivity index (χ4v) is 2.91. The molecule has 1 amide bonds. The van der Waals surface area contributed by atoms with Crippen LogP contribution in [0.2, 0.25) is 0 Å². The summed E-state index contributed by atoms with van der Waals surface area (Å²) in [5.41, 5.74) is 1.41. The Hall–Kier alpha value is -3.67. The number of fused-ring (bicyclic) bond motifs is 1. The minimum Gasteiger partial charge on any atom is -0.439 e. The van der Waals surface area contributed by atoms with Gasteiger partial charge in [0.05, 0.1) is 5.92 Å². The number of ether oxygens (including phenoxy) is 2. The number of pyridine rings is 1. The normalized spacial score (nSPS) is 15.4. The van der Waals surface area contributed by atoms with Gasteiger partial charge in [0.2, 0.25) is 11.8 Å². The van der Waals surface area contributed by atoms with Crippen LogP contribution in [0.5, 0.6) is 17.4 Å². The molecule has 0 fully saturated rings. The van der Waals surface area contributed by atoms with Crippen molar-refractivity contribution in [1.82, 2.24) is 4.98 Å². The van der Waals surface area contributed by atoms with Gasteiger partial charge in [0.15, 0.2) is 0 Å². The van der Waals surface area contributed by atoms with Crippen molar-refractivity contribution in [3.05, 3.63) is 78.5 Å². The molecule has 1 aromatic heterocycles. The molecule has 6 heteroatoms. The molecular formula is C21H16N2O4. The summed E-state index contributed by atoms with van der Waals surface area (Å²) in [6.45, 7) is 0. The Morgan fingerprint density at radius 1 is 0.963 bits per heavy atom. The molecule has 2 aromatic carbocycles. The van der Waals surface area contributed by atoms with E-state index in [0.29, 0.717) is 23.1 Å². The lowest BCUT2D eigenvalue weighted by molar-refractivity contribution is -0.138. The maximum atomic E-state index is 12.6. The summed E-state index contributed by atoms with van der Waals surface area (Å²) in [5, 5.41) is 2.77. The van der Waals surface area contributed by atoms with Crippen molar-refractivity contribution in [2.75, 3.05) is 5.32 Å². The second-order valence-electron chi connectivity index (χ2n) is 6.05. The lowest BCUT2D eigenvalue weighted by Crippen LogP contribution is -2.29. The van der Waals surface area contributed by atoms with E-state index in [2.05, 4.69) is 10.3 Å². The molecule has 3 aromatic rings. The van der Waals surface area contributed by atoms with Crippen molar-refractivity contribution in [3.63, 3.8) is 0 Å². The average molecular weight is 360 g/mol. The largest absolute Gasteiger partial charge is 0.439 e. The summed E-state index contributed by atoms with van der Waals surface area (Å²) in [6, 6.07) is 19.3. The zero-order chi connectivity index (χ0) is 18.6. The van der Waals surface area contributed by atoms with E-state index in [4.69, 9.17) is 9.47 Å². The Morgan fingerprint density at radius 3 is 2.48 bits per heavy atom. The van der Waals surface area contributed by atoms with Gasteiger partial charge >= 0.3 is 5.97 Å². The summed E-state index contributed by atoms with van der Waals surface area (Å²) >= 11 is 0. The molecule has 27 heavy (non-hydrogen) atoms. The fraction of sp³-hybridized carbons (Fsp3) is 0.0952. The van der Waals surface area contributed by atoms with E-state index >= 15 is 0 Å². The number of carbonyl (C=O) groups excluding carboxylic acids is 2.